The molecule has 0 saturated carbocycles. The van der Waals surface area contributed by atoms with E-state index >= 15 is 0 Å². The van der Waals surface area contributed by atoms with Gasteiger partial charge in [-0.3, -0.25) is 10.1 Å². The maximum absolute atomic E-state index is 11.2. The SMILES string of the molecule is CCC(CC)N(CCO)c1cc(C(=O)O)c([N+](=O)[O-])cn1. The molecule has 0 aromatic carbocycles. The highest BCUT2D eigenvalue weighted by atomic mass is 16.6. The minimum Gasteiger partial charge on any atom is -0.477 e. The average Bonchev–Trinajstić information content (AvgIpc) is 2.46. The normalized spacial score (nSPS) is 10.7. The number of rotatable bonds is 8. The minimum atomic E-state index is -1.38. The first-order chi connectivity index (χ1) is 9.96. The van der Waals surface area contributed by atoms with E-state index in [-0.39, 0.29) is 19.2 Å². The van der Waals surface area contributed by atoms with Crippen molar-refractivity contribution in [2.24, 2.45) is 0 Å². The van der Waals surface area contributed by atoms with E-state index in [9.17, 15) is 14.9 Å². The number of carbonyl (C=O) groups is 1. The molecule has 116 valence electrons. The Morgan fingerprint density at radius 3 is 2.52 bits per heavy atom. The van der Waals surface area contributed by atoms with Crippen molar-refractivity contribution in [1.82, 2.24) is 4.98 Å². The Hall–Kier alpha value is -2.22. The second-order valence-corrected chi connectivity index (χ2v) is 4.51. The minimum absolute atomic E-state index is 0.0766. The monoisotopic (exact) mass is 297 g/mol. The summed E-state index contributed by atoms with van der Waals surface area (Å²) in [4.78, 5) is 27.0. The van der Waals surface area contributed by atoms with Crippen molar-refractivity contribution in [3.63, 3.8) is 0 Å². The highest BCUT2D eigenvalue weighted by Gasteiger charge is 2.24. The fourth-order valence-corrected chi connectivity index (χ4v) is 2.23. The van der Waals surface area contributed by atoms with E-state index in [0.29, 0.717) is 5.82 Å². The van der Waals surface area contributed by atoms with Gasteiger partial charge in [0.2, 0.25) is 0 Å². The zero-order valence-electron chi connectivity index (χ0n) is 12.0. The number of aliphatic hydroxyl groups is 1. The number of carboxylic acids is 1. The lowest BCUT2D eigenvalue weighted by atomic mass is 10.1. The molecule has 0 atom stereocenters. The number of carboxylic acid groups (broad SMARTS) is 1. The molecular formula is C13H19N3O5. The van der Waals surface area contributed by atoms with Crippen LogP contribution in [0.5, 0.6) is 0 Å². The van der Waals surface area contributed by atoms with Gasteiger partial charge in [-0.15, -0.1) is 0 Å². The molecule has 1 rings (SSSR count). The summed E-state index contributed by atoms with van der Waals surface area (Å²) >= 11 is 0. The summed E-state index contributed by atoms with van der Waals surface area (Å²) in [5, 5.41) is 29.1. The van der Waals surface area contributed by atoms with Gasteiger partial charge in [0.1, 0.15) is 17.6 Å². The van der Waals surface area contributed by atoms with Gasteiger partial charge in [0.25, 0.3) is 0 Å². The maximum Gasteiger partial charge on any atom is 0.342 e. The second kappa shape index (κ2) is 7.53. The standard InChI is InChI=1S/C13H19N3O5/c1-3-9(4-2)15(5-6-17)12-7-10(13(18)19)11(8-14-12)16(20)21/h7-9,17H,3-6H2,1-2H3,(H,18,19). The summed E-state index contributed by atoms with van der Waals surface area (Å²) in [6, 6.07) is 1.27. The summed E-state index contributed by atoms with van der Waals surface area (Å²) in [6.07, 6.45) is 2.53. The van der Waals surface area contributed by atoms with Gasteiger partial charge in [-0.25, -0.2) is 9.78 Å². The third-order valence-electron chi connectivity index (χ3n) is 3.31. The van der Waals surface area contributed by atoms with Crippen LogP contribution in [0.3, 0.4) is 0 Å². The van der Waals surface area contributed by atoms with Crippen LogP contribution in [0.2, 0.25) is 0 Å². The quantitative estimate of drug-likeness (QED) is 0.553. The fourth-order valence-electron chi connectivity index (χ4n) is 2.23. The molecule has 0 aliphatic carbocycles. The molecule has 8 heteroatoms. The van der Waals surface area contributed by atoms with Gasteiger partial charge in [0, 0.05) is 18.7 Å². The van der Waals surface area contributed by atoms with Gasteiger partial charge in [0.15, 0.2) is 0 Å². The zero-order chi connectivity index (χ0) is 16.0. The van der Waals surface area contributed by atoms with Crippen LogP contribution in [0.4, 0.5) is 11.5 Å². The predicted octanol–water partition coefficient (Wildman–Crippen LogP) is 1.68. The highest BCUT2D eigenvalue weighted by Crippen LogP contribution is 2.25. The Morgan fingerprint density at radius 2 is 2.10 bits per heavy atom. The van der Waals surface area contributed by atoms with Crippen molar-refractivity contribution < 1.29 is 19.9 Å². The summed E-state index contributed by atoms with van der Waals surface area (Å²) < 4.78 is 0. The molecule has 0 aliphatic heterocycles. The summed E-state index contributed by atoms with van der Waals surface area (Å²) in [7, 11) is 0. The van der Waals surface area contributed by atoms with Crippen molar-refractivity contribution in [3.05, 3.63) is 27.9 Å². The van der Waals surface area contributed by atoms with Gasteiger partial charge < -0.3 is 15.1 Å². The third kappa shape index (κ3) is 3.88. The largest absolute Gasteiger partial charge is 0.477 e. The number of hydrogen-bond donors (Lipinski definition) is 2. The summed E-state index contributed by atoms with van der Waals surface area (Å²) in [5.41, 5.74) is -0.946. The van der Waals surface area contributed by atoms with Crippen molar-refractivity contribution in [2.75, 3.05) is 18.1 Å². The molecule has 1 aromatic heterocycles. The van der Waals surface area contributed by atoms with Crippen molar-refractivity contribution in [2.45, 2.75) is 32.7 Å². The van der Waals surface area contributed by atoms with E-state index < -0.39 is 22.1 Å². The molecule has 21 heavy (non-hydrogen) atoms. The second-order valence-electron chi connectivity index (χ2n) is 4.51. The number of aromatic nitrogens is 1. The van der Waals surface area contributed by atoms with Gasteiger partial charge in [0.05, 0.1) is 11.5 Å². The smallest absolute Gasteiger partial charge is 0.342 e. The van der Waals surface area contributed by atoms with E-state index in [1.54, 1.807) is 4.90 Å². The van der Waals surface area contributed by atoms with E-state index in [4.69, 9.17) is 10.2 Å². The number of hydrogen-bond acceptors (Lipinski definition) is 6. The highest BCUT2D eigenvalue weighted by molar-refractivity contribution is 5.93. The molecule has 8 nitrogen and oxygen atoms in total. The first-order valence-corrected chi connectivity index (χ1v) is 6.71. The molecule has 0 radical (unpaired) electrons. The van der Waals surface area contributed by atoms with Crippen LogP contribution in [0, 0.1) is 10.1 Å². The van der Waals surface area contributed by atoms with Crippen LogP contribution in [0.15, 0.2) is 12.3 Å². The summed E-state index contributed by atoms with van der Waals surface area (Å²) in [5.74, 6) is -1.06. The van der Waals surface area contributed by atoms with Crippen LogP contribution in [-0.4, -0.2) is 45.3 Å². The number of aliphatic hydroxyl groups excluding tert-OH is 1. The molecule has 0 unspecified atom stereocenters. The van der Waals surface area contributed by atoms with E-state index in [0.717, 1.165) is 19.0 Å². The maximum atomic E-state index is 11.2. The van der Waals surface area contributed by atoms with Crippen LogP contribution < -0.4 is 4.90 Å². The molecule has 0 spiro atoms. The van der Waals surface area contributed by atoms with Gasteiger partial charge >= 0.3 is 11.7 Å². The van der Waals surface area contributed by atoms with Crippen molar-refractivity contribution in [3.8, 4) is 0 Å². The summed E-state index contributed by atoms with van der Waals surface area (Å²) in [6.45, 7) is 4.12. The first kappa shape index (κ1) is 16.8. The molecule has 1 aromatic rings. The molecule has 0 bridgehead atoms. The Kier molecular flexibility index (Phi) is 6.04. The van der Waals surface area contributed by atoms with Crippen molar-refractivity contribution in [1.29, 1.82) is 0 Å². The van der Waals surface area contributed by atoms with E-state index in [2.05, 4.69) is 4.98 Å². The predicted molar refractivity (Wildman–Crippen MR) is 76.7 cm³/mol. The van der Waals surface area contributed by atoms with Crippen LogP contribution in [0.25, 0.3) is 0 Å². The molecule has 0 aliphatic rings. The Labute approximate surface area is 122 Å². The van der Waals surface area contributed by atoms with E-state index in [1.165, 1.54) is 6.07 Å². The average molecular weight is 297 g/mol. The Bertz CT molecular complexity index is 517. The van der Waals surface area contributed by atoms with Gasteiger partial charge in [-0.2, -0.15) is 0 Å². The van der Waals surface area contributed by atoms with Gasteiger partial charge in [-0.1, -0.05) is 13.8 Å². The molecule has 0 amide bonds. The number of aromatic carboxylic acids is 1. The molecule has 0 fully saturated rings. The van der Waals surface area contributed by atoms with Crippen LogP contribution in [-0.2, 0) is 0 Å². The van der Waals surface area contributed by atoms with Crippen LogP contribution >= 0.6 is 0 Å². The zero-order valence-corrected chi connectivity index (χ0v) is 12.0. The lowest BCUT2D eigenvalue weighted by molar-refractivity contribution is -0.385. The van der Waals surface area contributed by atoms with E-state index in [1.807, 2.05) is 13.8 Å². The molecule has 1 heterocycles. The Morgan fingerprint density at radius 1 is 1.48 bits per heavy atom. The topological polar surface area (TPSA) is 117 Å². The third-order valence-corrected chi connectivity index (χ3v) is 3.31. The van der Waals surface area contributed by atoms with Crippen LogP contribution in [0.1, 0.15) is 37.0 Å². The van der Waals surface area contributed by atoms with Crippen molar-refractivity contribution >= 4 is 17.5 Å². The number of pyridine rings is 1. The van der Waals surface area contributed by atoms with Gasteiger partial charge in [-0.05, 0) is 12.8 Å². The first-order valence-electron chi connectivity index (χ1n) is 6.71. The molecule has 2 N–H and O–H groups in total. The Balaban J connectivity index is 3.29. The lowest BCUT2D eigenvalue weighted by Gasteiger charge is -2.31. The molecule has 0 saturated heterocycles. The lowest BCUT2D eigenvalue weighted by Crippen LogP contribution is -2.37. The molecular weight excluding hydrogens is 278 g/mol. The fraction of sp³-hybridized carbons (Fsp3) is 0.538. The number of nitro groups is 1. The number of nitrogens with zero attached hydrogens (tertiary/aromatic N) is 3. The number of anilines is 1.